The van der Waals surface area contributed by atoms with Crippen LogP contribution in [0.25, 0.3) is 10.6 Å². The minimum atomic E-state index is -0.365. The molecule has 0 saturated carbocycles. The molecule has 0 spiro atoms. The van der Waals surface area contributed by atoms with Crippen molar-refractivity contribution in [3.8, 4) is 22.1 Å². The summed E-state index contributed by atoms with van der Waals surface area (Å²) in [6.07, 6.45) is 0. The average molecular weight is 405 g/mol. The van der Waals surface area contributed by atoms with E-state index in [1.165, 1.54) is 22.7 Å². The minimum Gasteiger partial charge on any atom is -0.493 e. The van der Waals surface area contributed by atoms with Gasteiger partial charge in [0, 0.05) is 10.9 Å². The van der Waals surface area contributed by atoms with Crippen LogP contribution in [0, 0.1) is 13.8 Å². The fraction of sp³-hybridized carbons (Fsp3) is 0.316. The molecule has 6 nitrogen and oxygen atoms in total. The third-order valence-electron chi connectivity index (χ3n) is 3.70. The molecule has 0 radical (unpaired) electrons. The van der Waals surface area contributed by atoms with Gasteiger partial charge >= 0.3 is 5.97 Å². The molecule has 0 amide bonds. The number of aromatic nitrogens is 2. The van der Waals surface area contributed by atoms with Crippen LogP contribution < -0.4 is 9.47 Å². The van der Waals surface area contributed by atoms with Gasteiger partial charge in [0.2, 0.25) is 0 Å². The van der Waals surface area contributed by atoms with Gasteiger partial charge in [-0.25, -0.2) is 14.8 Å². The van der Waals surface area contributed by atoms with Gasteiger partial charge in [0.25, 0.3) is 0 Å². The summed E-state index contributed by atoms with van der Waals surface area (Å²) >= 11 is 2.83. The van der Waals surface area contributed by atoms with Crippen LogP contribution in [0.2, 0.25) is 0 Å². The predicted molar refractivity (Wildman–Crippen MR) is 106 cm³/mol. The van der Waals surface area contributed by atoms with Gasteiger partial charge in [0.15, 0.2) is 11.5 Å². The first kappa shape index (κ1) is 19.3. The molecule has 0 fully saturated rings. The predicted octanol–water partition coefficient (Wildman–Crippen LogP) is 4.65. The van der Waals surface area contributed by atoms with E-state index in [4.69, 9.17) is 14.2 Å². The third-order valence-corrected chi connectivity index (χ3v) is 5.70. The minimum absolute atomic E-state index is 0.125. The molecule has 0 saturated heterocycles. The average Bonchev–Trinajstić information content (AvgIpc) is 3.26. The van der Waals surface area contributed by atoms with Crippen molar-refractivity contribution in [2.75, 3.05) is 13.7 Å². The van der Waals surface area contributed by atoms with E-state index in [0.29, 0.717) is 34.4 Å². The maximum absolute atomic E-state index is 12.2. The maximum atomic E-state index is 12.2. The zero-order valence-electron chi connectivity index (χ0n) is 15.6. The number of rotatable bonds is 7. The van der Waals surface area contributed by atoms with E-state index in [9.17, 15) is 4.79 Å². The van der Waals surface area contributed by atoms with Gasteiger partial charge in [-0.2, -0.15) is 0 Å². The van der Waals surface area contributed by atoms with E-state index in [1.54, 1.807) is 14.0 Å². The van der Waals surface area contributed by atoms with Gasteiger partial charge in [-0.1, -0.05) is 0 Å². The smallest absolute Gasteiger partial charge is 0.350 e. The summed E-state index contributed by atoms with van der Waals surface area (Å²) < 4.78 is 16.3. The van der Waals surface area contributed by atoms with Gasteiger partial charge in [-0.05, 0) is 39.0 Å². The summed E-state index contributed by atoms with van der Waals surface area (Å²) in [5.41, 5.74) is 2.32. The zero-order valence-corrected chi connectivity index (χ0v) is 17.2. The molecular formula is C19H20N2O4S2. The second kappa shape index (κ2) is 8.49. The number of ether oxygens (including phenoxy) is 3. The molecule has 27 heavy (non-hydrogen) atoms. The van der Waals surface area contributed by atoms with Crippen LogP contribution in [0.1, 0.15) is 33.0 Å². The molecule has 0 atom stereocenters. The number of esters is 1. The molecule has 0 bridgehead atoms. The number of nitrogens with zero attached hydrogens (tertiary/aromatic N) is 2. The molecule has 1 aromatic carbocycles. The molecule has 2 aromatic heterocycles. The van der Waals surface area contributed by atoms with Crippen molar-refractivity contribution in [2.24, 2.45) is 0 Å². The SMILES string of the molecule is CCOc1ccc(-c2nc(COC(=O)c3sc(C)nc3C)cs2)cc1OC. The highest BCUT2D eigenvalue weighted by molar-refractivity contribution is 7.13. The monoisotopic (exact) mass is 404 g/mol. The Morgan fingerprint density at radius 3 is 2.67 bits per heavy atom. The summed E-state index contributed by atoms with van der Waals surface area (Å²) in [5.74, 6) is 0.994. The van der Waals surface area contributed by atoms with E-state index in [-0.39, 0.29) is 12.6 Å². The van der Waals surface area contributed by atoms with E-state index in [0.717, 1.165) is 15.6 Å². The van der Waals surface area contributed by atoms with Crippen LogP contribution >= 0.6 is 22.7 Å². The van der Waals surface area contributed by atoms with Crippen LogP contribution in [0.15, 0.2) is 23.6 Å². The molecule has 2 heterocycles. The van der Waals surface area contributed by atoms with Gasteiger partial charge < -0.3 is 14.2 Å². The van der Waals surface area contributed by atoms with Crippen LogP contribution in [-0.4, -0.2) is 29.7 Å². The normalized spacial score (nSPS) is 10.7. The summed E-state index contributed by atoms with van der Waals surface area (Å²) in [5, 5.41) is 3.56. The quantitative estimate of drug-likeness (QED) is 0.534. The summed E-state index contributed by atoms with van der Waals surface area (Å²) in [4.78, 5) is 21.6. The number of aryl methyl sites for hydroxylation is 2. The Kier molecular flexibility index (Phi) is 6.08. The Labute approximate surface area is 165 Å². The number of methoxy groups -OCH3 is 1. The van der Waals surface area contributed by atoms with Crippen molar-refractivity contribution < 1.29 is 19.0 Å². The van der Waals surface area contributed by atoms with E-state index < -0.39 is 0 Å². The molecule has 0 N–H and O–H groups in total. The van der Waals surface area contributed by atoms with Gasteiger partial charge in [-0.3, -0.25) is 0 Å². The van der Waals surface area contributed by atoms with Gasteiger partial charge in [0.1, 0.15) is 16.5 Å². The number of hydrogen-bond acceptors (Lipinski definition) is 8. The molecule has 0 unspecified atom stereocenters. The third kappa shape index (κ3) is 4.45. The van der Waals surface area contributed by atoms with Gasteiger partial charge in [-0.15, -0.1) is 22.7 Å². The number of carbonyl (C=O) groups is 1. The second-order valence-electron chi connectivity index (χ2n) is 5.67. The van der Waals surface area contributed by atoms with Crippen LogP contribution in [0.3, 0.4) is 0 Å². The molecular weight excluding hydrogens is 384 g/mol. The van der Waals surface area contributed by atoms with Crippen molar-refractivity contribution in [3.63, 3.8) is 0 Å². The lowest BCUT2D eigenvalue weighted by Crippen LogP contribution is -2.05. The number of hydrogen-bond donors (Lipinski definition) is 0. The van der Waals surface area contributed by atoms with Crippen LogP contribution in [0.4, 0.5) is 0 Å². The van der Waals surface area contributed by atoms with Crippen molar-refractivity contribution in [3.05, 3.63) is 44.9 Å². The van der Waals surface area contributed by atoms with Crippen LogP contribution in [-0.2, 0) is 11.3 Å². The number of benzene rings is 1. The lowest BCUT2D eigenvalue weighted by molar-refractivity contribution is 0.0473. The zero-order chi connectivity index (χ0) is 19.4. The molecule has 0 aliphatic carbocycles. The first-order chi connectivity index (χ1) is 13.0. The standard InChI is InChI=1S/C19H20N2O4S2/c1-5-24-15-7-6-13(8-16(15)23-4)18-21-14(10-26-18)9-25-19(22)17-11(2)20-12(3)27-17/h6-8,10H,5,9H2,1-4H3. The Morgan fingerprint density at radius 2 is 2.00 bits per heavy atom. The van der Waals surface area contributed by atoms with Crippen molar-refractivity contribution >= 4 is 28.6 Å². The highest BCUT2D eigenvalue weighted by Crippen LogP contribution is 2.34. The molecule has 0 aliphatic heterocycles. The number of thiazole rings is 2. The Bertz CT molecular complexity index is 949. The van der Waals surface area contributed by atoms with E-state index in [2.05, 4.69) is 9.97 Å². The molecule has 0 aliphatic rings. The summed E-state index contributed by atoms with van der Waals surface area (Å²) in [7, 11) is 1.61. The Hall–Kier alpha value is -2.45. The van der Waals surface area contributed by atoms with Crippen molar-refractivity contribution in [2.45, 2.75) is 27.4 Å². The lowest BCUT2D eigenvalue weighted by atomic mass is 10.2. The molecule has 142 valence electrons. The molecule has 3 rings (SSSR count). The lowest BCUT2D eigenvalue weighted by Gasteiger charge is -2.09. The van der Waals surface area contributed by atoms with Crippen molar-refractivity contribution in [1.29, 1.82) is 0 Å². The highest BCUT2D eigenvalue weighted by Gasteiger charge is 2.16. The highest BCUT2D eigenvalue weighted by atomic mass is 32.1. The van der Waals surface area contributed by atoms with Crippen molar-refractivity contribution in [1.82, 2.24) is 9.97 Å². The first-order valence-electron chi connectivity index (χ1n) is 8.38. The second-order valence-corrected chi connectivity index (χ2v) is 7.73. The fourth-order valence-electron chi connectivity index (χ4n) is 2.51. The van der Waals surface area contributed by atoms with Crippen LogP contribution in [0.5, 0.6) is 11.5 Å². The largest absolute Gasteiger partial charge is 0.493 e. The topological polar surface area (TPSA) is 70.5 Å². The van der Waals surface area contributed by atoms with E-state index in [1.807, 2.05) is 37.4 Å². The fourth-order valence-corrected chi connectivity index (χ4v) is 4.12. The summed E-state index contributed by atoms with van der Waals surface area (Å²) in [6.45, 7) is 6.30. The molecule has 3 aromatic rings. The maximum Gasteiger partial charge on any atom is 0.350 e. The number of carbonyl (C=O) groups excluding carboxylic acids is 1. The summed E-state index contributed by atoms with van der Waals surface area (Å²) in [6, 6.07) is 5.70. The Morgan fingerprint density at radius 1 is 1.19 bits per heavy atom. The van der Waals surface area contributed by atoms with E-state index >= 15 is 0 Å². The van der Waals surface area contributed by atoms with Gasteiger partial charge in [0.05, 0.1) is 30.1 Å². The Balaban J connectivity index is 1.69. The first-order valence-corrected chi connectivity index (χ1v) is 10.1. The molecule has 8 heteroatoms.